The molecule has 0 aliphatic carbocycles. The first-order chi connectivity index (χ1) is 8.22. The van der Waals surface area contributed by atoms with E-state index < -0.39 is 5.97 Å². The van der Waals surface area contributed by atoms with E-state index in [0.29, 0.717) is 17.7 Å². The standard InChI is InChI=1S/C14H13NO2.ClH/c15-9-10-6-7-12(14(16)17)13(8-10)11-4-2-1-3-5-11;/h1-8H,9,15H2,(H,16,17);1H. The molecule has 3 N–H and O–H groups in total. The lowest BCUT2D eigenvalue weighted by Crippen LogP contribution is -2.02. The van der Waals surface area contributed by atoms with Gasteiger partial charge in [-0.3, -0.25) is 0 Å². The quantitative estimate of drug-likeness (QED) is 0.895. The molecule has 2 aromatic carbocycles. The van der Waals surface area contributed by atoms with E-state index in [9.17, 15) is 4.79 Å². The van der Waals surface area contributed by atoms with E-state index in [4.69, 9.17) is 10.8 Å². The van der Waals surface area contributed by atoms with Crippen LogP contribution in [0.15, 0.2) is 48.5 Å². The van der Waals surface area contributed by atoms with Crippen LogP contribution in [0.5, 0.6) is 0 Å². The minimum atomic E-state index is -0.924. The van der Waals surface area contributed by atoms with E-state index in [0.717, 1.165) is 11.1 Å². The summed E-state index contributed by atoms with van der Waals surface area (Å²) < 4.78 is 0. The van der Waals surface area contributed by atoms with Crippen LogP contribution in [-0.2, 0) is 6.54 Å². The predicted octanol–water partition coefficient (Wildman–Crippen LogP) is 2.93. The minimum absolute atomic E-state index is 0. The normalized spacial score (nSPS) is 9.61. The topological polar surface area (TPSA) is 63.3 Å². The van der Waals surface area contributed by atoms with Gasteiger partial charge in [-0.05, 0) is 28.8 Å². The molecule has 0 heterocycles. The van der Waals surface area contributed by atoms with E-state index in [1.54, 1.807) is 12.1 Å². The highest BCUT2D eigenvalue weighted by molar-refractivity contribution is 5.96. The number of hydrogen-bond donors (Lipinski definition) is 2. The van der Waals surface area contributed by atoms with E-state index in [2.05, 4.69) is 0 Å². The lowest BCUT2D eigenvalue weighted by molar-refractivity contribution is 0.0697. The molecule has 0 atom stereocenters. The molecule has 2 aromatic rings. The molecule has 0 aromatic heterocycles. The Morgan fingerprint density at radius 3 is 2.33 bits per heavy atom. The van der Waals surface area contributed by atoms with Crippen LogP contribution in [-0.4, -0.2) is 11.1 Å². The maximum Gasteiger partial charge on any atom is 0.336 e. The summed E-state index contributed by atoms with van der Waals surface area (Å²) in [4.78, 5) is 11.2. The van der Waals surface area contributed by atoms with Crippen LogP contribution in [0.2, 0.25) is 0 Å². The molecule has 0 saturated carbocycles. The Kier molecular flexibility index (Phi) is 4.89. The Balaban J connectivity index is 0.00000162. The van der Waals surface area contributed by atoms with Gasteiger partial charge in [0.25, 0.3) is 0 Å². The van der Waals surface area contributed by atoms with Crippen molar-refractivity contribution < 1.29 is 9.90 Å². The van der Waals surface area contributed by atoms with E-state index in [1.807, 2.05) is 36.4 Å². The van der Waals surface area contributed by atoms with Crippen LogP contribution < -0.4 is 5.73 Å². The van der Waals surface area contributed by atoms with Crippen molar-refractivity contribution >= 4 is 18.4 Å². The third-order valence-electron chi connectivity index (χ3n) is 2.63. The van der Waals surface area contributed by atoms with Crippen molar-refractivity contribution in [2.45, 2.75) is 6.54 Å². The molecule has 0 aliphatic heterocycles. The van der Waals surface area contributed by atoms with Crippen LogP contribution in [0.25, 0.3) is 11.1 Å². The van der Waals surface area contributed by atoms with Crippen molar-refractivity contribution in [1.82, 2.24) is 0 Å². The lowest BCUT2D eigenvalue weighted by atomic mass is 9.97. The zero-order valence-electron chi connectivity index (χ0n) is 9.67. The Bertz CT molecular complexity index is 541. The molecule has 0 radical (unpaired) electrons. The number of carbonyl (C=O) groups is 1. The van der Waals surface area contributed by atoms with Crippen LogP contribution in [0.3, 0.4) is 0 Å². The van der Waals surface area contributed by atoms with Crippen molar-refractivity contribution in [2.24, 2.45) is 5.73 Å². The van der Waals surface area contributed by atoms with Crippen LogP contribution in [0, 0.1) is 0 Å². The summed E-state index contributed by atoms with van der Waals surface area (Å²) >= 11 is 0. The number of nitrogens with two attached hydrogens (primary N) is 1. The van der Waals surface area contributed by atoms with Gasteiger partial charge in [-0.15, -0.1) is 12.4 Å². The molecule has 2 rings (SSSR count). The van der Waals surface area contributed by atoms with Gasteiger partial charge in [0.2, 0.25) is 0 Å². The highest BCUT2D eigenvalue weighted by Gasteiger charge is 2.11. The first-order valence-electron chi connectivity index (χ1n) is 5.34. The van der Waals surface area contributed by atoms with Crippen molar-refractivity contribution in [3.8, 4) is 11.1 Å². The van der Waals surface area contributed by atoms with Gasteiger partial charge < -0.3 is 10.8 Å². The van der Waals surface area contributed by atoms with Gasteiger partial charge in [0, 0.05) is 6.54 Å². The van der Waals surface area contributed by atoms with Crippen molar-refractivity contribution in [2.75, 3.05) is 0 Å². The fourth-order valence-electron chi connectivity index (χ4n) is 1.76. The van der Waals surface area contributed by atoms with Gasteiger partial charge in [-0.2, -0.15) is 0 Å². The first kappa shape index (κ1) is 14.2. The summed E-state index contributed by atoms with van der Waals surface area (Å²) in [5.74, 6) is -0.924. The smallest absolute Gasteiger partial charge is 0.336 e. The van der Waals surface area contributed by atoms with Gasteiger partial charge >= 0.3 is 5.97 Å². The number of halogens is 1. The molecule has 0 amide bonds. The molecule has 0 fully saturated rings. The second-order valence-corrected chi connectivity index (χ2v) is 3.76. The first-order valence-corrected chi connectivity index (χ1v) is 5.34. The lowest BCUT2D eigenvalue weighted by Gasteiger charge is -2.08. The fraction of sp³-hybridized carbons (Fsp3) is 0.0714. The molecule has 0 unspecified atom stereocenters. The Hall–Kier alpha value is -1.84. The highest BCUT2D eigenvalue weighted by Crippen LogP contribution is 2.24. The maximum absolute atomic E-state index is 11.2. The van der Waals surface area contributed by atoms with Crippen LogP contribution in [0.1, 0.15) is 15.9 Å². The second kappa shape index (κ2) is 6.19. The minimum Gasteiger partial charge on any atom is -0.478 e. The highest BCUT2D eigenvalue weighted by atomic mass is 35.5. The Morgan fingerprint density at radius 2 is 1.78 bits per heavy atom. The van der Waals surface area contributed by atoms with Gasteiger partial charge in [0.15, 0.2) is 0 Å². The zero-order chi connectivity index (χ0) is 12.3. The molecular formula is C14H14ClNO2. The van der Waals surface area contributed by atoms with Gasteiger partial charge in [0.05, 0.1) is 5.56 Å². The Labute approximate surface area is 112 Å². The average Bonchev–Trinajstić information content (AvgIpc) is 2.39. The van der Waals surface area contributed by atoms with E-state index in [-0.39, 0.29) is 12.4 Å². The van der Waals surface area contributed by atoms with Crippen molar-refractivity contribution in [3.63, 3.8) is 0 Å². The average molecular weight is 264 g/mol. The SMILES string of the molecule is Cl.NCc1ccc(C(=O)O)c(-c2ccccc2)c1. The largest absolute Gasteiger partial charge is 0.478 e. The van der Waals surface area contributed by atoms with Crippen molar-refractivity contribution in [1.29, 1.82) is 0 Å². The van der Waals surface area contributed by atoms with Gasteiger partial charge in [-0.1, -0.05) is 36.4 Å². The van der Waals surface area contributed by atoms with Crippen LogP contribution in [0.4, 0.5) is 0 Å². The summed E-state index contributed by atoms with van der Waals surface area (Å²) in [6, 6.07) is 14.6. The molecule has 18 heavy (non-hydrogen) atoms. The molecule has 3 nitrogen and oxygen atoms in total. The summed E-state index contributed by atoms with van der Waals surface area (Å²) in [6.07, 6.45) is 0. The summed E-state index contributed by atoms with van der Waals surface area (Å²) in [5, 5.41) is 9.16. The molecule has 4 heteroatoms. The molecule has 94 valence electrons. The molecule has 0 aliphatic rings. The fourth-order valence-corrected chi connectivity index (χ4v) is 1.76. The molecule has 0 spiro atoms. The van der Waals surface area contributed by atoms with Gasteiger partial charge in [-0.25, -0.2) is 4.79 Å². The number of hydrogen-bond acceptors (Lipinski definition) is 2. The van der Waals surface area contributed by atoms with Gasteiger partial charge in [0.1, 0.15) is 0 Å². The number of carboxylic acids is 1. The number of rotatable bonds is 3. The monoisotopic (exact) mass is 263 g/mol. The number of aromatic carboxylic acids is 1. The maximum atomic E-state index is 11.2. The van der Waals surface area contributed by atoms with Crippen molar-refractivity contribution in [3.05, 3.63) is 59.7 Å². The molecule has 0 bridgehead atoms. The zero-order valence-corrected chi connectivity index (χ0v) is 10.5. The Morgan fingerprint density at radius 1 is 1.11 bits per heavy atom. The van der Waals surface area contributed by atoms with E-state index >= 15 is 0 Å². The third-order valence-corrected chi connectivity index (χ3v) is 2.63. The number of carboxylic acid groups (broad SMARTS) is 1. The summed E-state index contributed by atoms with van der Waals surface area (Å²) in [7, 11) is 0. The van der Waals surface area contributed by atoms with Crippen LogP contribution >= 0.6 is 12.4 Å². The third kappa shape index (κ3) is 2.88. The molecule has 0 saturated heterocycles. The number of benzene rings is 2. The predicted molar refractivity (Wildman–Crippen MR) is 74.0 cm³/mol. The second-order valence-electron chi connectivity index (χ2n) is 3.76. The summed E-state index contributed by atoms with van der Waals surface area (Å²) in [6.45, 7) is 0.403. The molecular weight excluding hydrogens is 250 g/mol. The summed E-state index contributed by atoms with van der Waals surface area (Å²) in [5.41, 5.74) is 8.40. The van der Waals surface area contributed by atoms with E-state index in [1.165, 1.54) is 0 Å².